The Kier molecular flexibility index (Phi) is 4.81. The van der Waals surface area contributed by atoms with E-state index >= 15 is 0 Å². The lowest BCUT2D eigenvalue weighted by atomic mass is 9.73. The lowest BCUT2D eigenvalue weighted by molar-refractivity contribution is -0.149. The number of terminal acetylenes is 1. The van der Waals surface area contributed by atoms with E-state index in [0.717, 1.165) is 25.7 Å². The molecular formula is C17H21NO2. The van der Waals surface area contributed by atoms with Crippen LogP contribution in [0.15, 0.2) is 30.3 Å². The molecule has 1 unspecified atom stereocenters. The van der Waals surface area contributed by atoms with Crippen LogP contribution in [0.25, 0.3) is 0 Å². The van der Waals surface area contributed by atoms with Crippen LogP contribution >= 0.6 is 0 Å². The molecule has 3 nitrogen and oxygen atoms in total. The molecule has 2 N–H and O–H groups in total. The number of carbonyl (C=O) groups is 1. The SMILES string of the molecule is C#CCNC(=O)C(O)(c1ccccc1)C1CCCCC1. The van der Waals surface area contributed by atoms with Crippen LogP contribution in [0.2, 0.25) is 0 Å². The summed E-state index contributed by atoms with van der Waals surface area (Å²) in [6, 6.07) is 9.19. The molecule has 1 aromatic carbocycles. The monoisotopic (exact) mass is 271 g/mol. The summed E-state index contributed by atoms with van der Waals surface area (Å²) in [6.07, 6.45) is 10.2. The zero-order valence-corrected chi connectivity index (χ0v) is 11.6. The summed E-state index contributed by atoms with van der Waals surface area (Å²) in [5, 5.41) is 13.8. The molecular weight excluding hydrogens is 250 g/mol. The Morgan fingerprint density at radius 3 is 2.55 bits per heavy atom. The van der Waals surface area contributed by atoms with E-state index in [9.17, 15) is 9.90 Å². The molecule has 106 valence electrons. The topological polar surface area (TPSA) is 49.3 Å². The van der Waals surface area contributed by atoms with Crippen LogP contribution in [-0.4, -0.2) is 17.6 Å². The minimum Gasteiger partial charge on any atom is -0.375 e. The fraction of sp³-hybridized carbons (Fsp3) is 0.471. The summed E-state index contributed by atoms with van der Waals surface area (Å²) in [5.74, 6) is 1.96. The lowest BCUT2D eigenvalue weighted by Crippen LogP contribution is -2.50. The Balaban J connectivity index is 2.32. The third kappa shape index (κ3) is 2.86. The van der Waals surface area contributed by atoms with Gasteiger partial charge in [0.2, 0.25) is 0 Å². The Morgan fingerprint density at radius 1 is 1.30 bits per heavy atom. The first-order valence-electron chi connectivity index (χ1n) is 7.19. The number of hydrogen-bond donors (Lipinski definition) is 2. The maximum atomic E-state index is 12.5. The largest absolute Gasteiger partial charge is 0.375 e. The second kappa shape index (κ2) is 6.58. The predicted octanol–water partition coefficient (Wildman–Crippen LogP) is 2.20. The van der Waals surface area contributed by atoms with E-state index in [1.54, 1.807) is 0 Å². The standard InChI is InChI=1S/C17H21NO2/c1-2-13-18-16(19)17(20,14-9-5-3-6-10-14)15-11-7-4-8-12-15/h1,3,5-6,9-10,15,20H,4,7-8,11-13H2,(H,18,19). The van der Waals surface area contributed by atoms with Crippen molar-refractivity contribution in [3.63, 3.8) is 0 Å². The number of hydrogen-bond acceptors (Lipinski definition) is 2. The first kappa shape index (κ1) is 14.6. The lowest BCUT2D eigenvalue weighted by Gasteiger charge is -2.37. The number of carbonyl (C=O) groups excluding carboxylic acids is 1. The maximum absolute atomic E-state index is 12.5. The van der Waals surface area contributed by atoms with Crippen molar-refractivity contribution < 1.29 is 9.90 Å². The maximum Gasteiger partial charge on any atom is 0.257 e. The zero-order chi connectivity index (χ0) is 14.4. The van der Waals surface area contributed by atoms with Crippen LogP contribution in [0, 0.1) is 18.3 Å². The van der Waals surface area contributed by atoms with Gasteiger partial charge in [0.1, 0.15) is 0 Å². The Hall–Kier alpha value is -1.79. The van der Waals surface area contributed by atoms with Crippen molar-refractivity contribution in [1.29, 1.82) is 0 Å². The first-order chi connectivity index (χ1) is 9.69. The molecule has 1 saturated carbocycles. The first-order valence-corrected chi connectivity index (χ1v) is 7.19. The number of benzene rings is 1. The third-order valence-electron chi connectivity index (χ3n) is 4.11. The van der Waals surface area contributed by atoms with E-state index in [1.165, 1.54) is 6.42 Å². The van der Waals surface area contributed by atoms with E-state index in [-0.39, 0.29) is 18.4 Å². The van der Waals surface area contributed by atoms with E-state index in [4.69, 9.17) is 6.42 Å². The molecule has 0 radical (unpaired) electrons. The average Bonchev–Trinajstić information content (AvgIpc) is 2.53. The molecule has 0 heterocycles. The van der Waals surface area contributed by atoms with Crippen molar-refractivity contribution >= 4 is 5.91 Å². The number of nitrogens with one attached hydrogen (secondary N) is 1. The number of rotatable bonds is 4. The van der Waals surface area contributed by atoms with E-state index in [0.29, 0.717) is 5.56 Å². The highest BCUT2D eigenvalue weighted by Gasteiger charge is 2.45. The van der Waals surface area contributed by atoms with Gasteiger partial charge in [-0.05, 0) is 18.4 Å². The van der Waals surface area contributed by atoms with Crippen molar-refractivity contribution in [2.24, 2.45) is 5.92 Å². The normalized spacial score (nSPS) is 18.8. The number of aliphatic hydroxyl groups is 1. The van der Waals surface area contributed by atoms with Crippen molar-refractivity contribution in [1.82, 2.24) is 5.32 Å². The van der Waals surface area contributed by atoms with Gasteiger partial charge in [0.15, 0.2) is 5.60 Å². The molecule has 1 amide bonds. The second-order valence-corrected chi connectivity index (χ2v) is 5.35. The minimum atomic E-state index is -1.47. The molecule has 1 aliphatic rings. The summed E-state index contributed by atoms with van der Waals surface area (Å²) in [4.78, 5) is 12.5. The van der Waals surface area contributed by atoms with E-state index in [2.05, 4.69) is 11.2 Å². The summed E-state index contributed by atoms with van der Waals surface area (Å²) < 4.78 is 0. The van der Waals surface area contributed by atoms with Gasteiger partial charge >= 0.3 is 0 Å². The predicted molar refractivity (Wildman–Crippen MR) is 78.8 cm³/mol. The van der Waals surface area contributed by atoms with Gasteiger partial charge in [0.05, 0.1) is 6.54 Å². The molecule has 0 aliphatic heterocycles. The Labute approximate surface area is 120 Å². The van der Waals surface area contributed by atoms with Crippen LogP contribution in [-0.2, 0) is 10.4 Å². The molecule has 1 atom stereocenters. The molecule has 0 spiro atoms. The van der Waals surface area contributed by atoms with E-state index in [1.807, 2.05) is 30.3 Å². The van der Waals surface area contributed by atoms with Gasteiger partial charge in [-0.2, -0.15) is 0 Å². The fourth-order valence-electron chi connectivity index (χ4n) is 3.03. The highest BCUT2D eigenvalue weighted by atomic mass is 16.3. The molecule has 1 fully saturated rings. The quantitative estimate of drug-likeness (QED) is 0.825. The summed E-state index contributed by atoms with van der Waals surface area (Å²) in [7, 11) is 0. The highest BCUT2D eigenvalue weighted by molar-refractivity contribution is 5.86. The highest BCUT2D eigenvalue weighted by Crippen LogP contribution is 2.39. The van der Waals surface area contributed by atoms with Crippen molar-refractivity contribution in [2.75, 3.05) is 6.54 Å². The van der Waals surface area contributed by atoms with Crippen LogP contribution in [0.3, 0.4) is 0 Å². The van der Waals surface area contributed by atoms with Crippen LogP contribution < -0.4 is 5.32 Å². The van der Waals surface area contributed by atoms with Crippen molar-refractivity contribution in [3.05, 3.63) is 35.9 Å². The van der Waals surface area contributed by atoms with Gasteiger partial charge in [-0.3, -0.25) is 4.79 Å². The Bertz CT molecular complexity index is 485. The third-order valence-corrected chi connectivity index (χ3v) is 4.11. The van der Waals surface area contributed by atoms with Gasteiger partial charge in [0, 0.05) is 5.92 Å². The molecule has 0 bridgehead atoms. The van der Waals surface area contributed by atoms with Crippen LogP contribution in [0.1, 0.15) is 37.7 Å². The molecule has 1 aromatic rings. The van der Waals surface area contributed by atoms with Crippen molar-refractivity contribution in [3.8, 4) is 12.3 Å². The number of amides is 1. The summed E-state index contributed by atoms with van der Waals surface area (Å²) >= 11 is 0. The summed E-state index contributed by atoms with van der Waals surface area (Å²) in [6.45, 7) is 0.140. The van der Waals surface area contributed by atoms with Gasteiger partial charge in [-0.15, -0.1) is 6.42 Å². The molecule has 1 aliphatic carbocycles. The van der Waals surface area contributed by atoms with Gasteiger partial charge in [-0.25, -0.2) is 0 Å². The molecule has 0 aromatic heterocycles. The van der Waals surface area contributed by atoms with Crippen LogP contribution in [0.4, 0.5) is 0 Å². The van der Waals surface area contributed by atoms with Crippen molar-refractivity contribution in [2.45, 2.75) is 37.7 Å². The summed E-state index contributed by atoms with van der Waals surface area (Å²) in [5.41, 5.74) is -0.820. The second-order valence-electron chi connectivity index (χ2n) is 5.35. The zero-order valence-electron chi connectivity index (χ0n) is 11.6. The van der Waals surface area contributed by atoms with E-state index < -0.39 is 5.60 Å². The van der Waals surface area contributed by atoms with Gasteiger partial charge in [0.25, 0.3) is 5.91 Å². The fourth-order valence-corrected chi connectivity index (χ4v) is 3.03. The molecule has 2 rings (SSSR count). The van der Waals surface area contributed by atoms with Crippen LogP contribution in [0.5, 0.6) is 0 Å². The minimum absolute atomic E-state index is 0.0450. The molecule has 20 heavy (non-hydrogen) atoms. The average molecular weight is 271 g/mol. The molecule has 3 heteroatoms. The molecule has 0 saturated heterocycles. The smallest absolute Gasteiger partial charge is 0.257 e. The Morgan fingerprint density at radius 2 is 1.95 bits per heavy atom. The van der Waals surface area contributed by atoms with Gasteiger partial charge < -0.3 is 10.4 Å². The van der Waals surface area contributed by atoms with Gasteiger partial charge in [-0.1, -0.05) is 55.5 Å².